The first-order valence-corrected chi connectivity index (χ1v) is 18.4. The SMILES string of the molecule is CCCCCC/C=C\CCCC(=O)NC(COC1OC(CO)C(O)C(OS(=O)(=O)O)C1O)C(O)CCCCCCCCCCC. The summed E-state index contributed by atoms with van der Waals surface area (Å²) in [5, 5.41) is 44.3. The van der Waals surface area contributed by atoms with Gasteiger partial charge < -0.3 is 35.2 Å². The average Bonchev–Trinajstić information content (AvgIpc) is 2.99. The fourth-order valence-electron chi connectivity index (χ4n) is 5.34. The number of hydrogen-bond acceptors (Lipinski definition) is 10. The lowest BCUT2D eigenvalue weighted by Gasteiger charge is -2.41. The van der Waals surface area contributed by atoms with Gasteiger partial charge in [0.15, 0.2) is 6.29 Å². The summed E-state index contributed by atoms with van der Waals surface area (Å²) >= 11 is 0. The minimum atomic E-state index is -5.06. The molecule has 6 N–H and O–H groups in total. The average molecular weight is 668 g/mol. The Bertz CT molecular complexity index is 888. The van der Waals surface area contributed by atoms with Crippen molar-refractivity contribution in [3.8, 4) is 0 Å². The van der Waals surface area contributed by atoms with E-state index in [2.05, 4.69) is 35.5 Å². The van der Waals surface area contributed by atoms with Crippen molar-refractivity contribution < 1.29 is 51.8 Å². The van der Waals surface area contributed by atoms with Crippen molar-refractivity contribution in [1.29, 1.82) is 0 Å². The van der Waals surface area contributed by atoms with Gasteiger partial charge in [-0.15, -0.1) is 0 Å². The number of rotatable bonds is 27. The quantitative estimate of drug-likeness (QED) is 0.0420. The maximum absolute atomic E-state index is 12.8. The lowest BCUT2D eigenvalue weighted by molar-refractivity contribution is -0.298. The topological polar surface area (TPSA) is 192 Å². The Labute approximate surface area is 270 Å². The molecule has 1 amide bonds. The maximum atomic E-state index is 12.8. The summed E-state index contributed by atoms with van der Waals surface area (Å²) in [6.45, 7) is 3.30. The van der Waals surface area contributed by atoms with E-state index in [-0.39, 0.29) is 18.9 Å². The van der Waals surface area contributed by atoms with Crippen LogP contribution in [-0.2, 0) is 28.9 Å². The molecule has 45 heavy (non-hydrogen) atoms. The van der Waals surface area contributed by atoms with Gasteiger partial charge in [0.1, 0.15) is 24.4 Å². The van der Waals surface area contributed by atoms with Crippen LogP contribution in [0.25, 0.3) is 0 Å². The van der Waals surface area contributed by atoms with E-state index in [0.717, 1.165) is 44.9 Å². The normalized spacial score (nSPS) is 23.8. The molecular weight excluding hydrogens is 606 g/mol. The van der Waals surface area contributed by atoms with Gasteiger partial charge >= 0.3 is 10.4 Å². The molecule has 7 atom stereocenters. The molecule has 13 heteroatoms. The lowest BCUT2D eigenvalue weighted by Crippen LogP contribution is -2.61. The van der Waals surface area contributed by atoms with Gasteiger partial charge in [-0.25, -0.2) is 4.18 Å². The second kappa shape index (κ2) is 24.9. The van der Waals surface area contributed by atoms with E-state index in [1.165, 1.54) is 51.4 Å². The number of aliphatic hydroxyl groups is 4. The Balaban J connectivity index is 2.71. The molecule has 0 radical (unpaired) electrons. The van der Waals surface area contributed by atoms with Crippen LogP contribution in [0.1, 0.15) is 129 Å². The number of carbonyl (C=O) groups excluding carboxylic acids is 1. The fourth-order valence-corrected chi connectivity index (χ4v) is 5.85. The number of ether oxygens (including phenoxy) is 2. The molecule has 7 unspecified atom stereocenters. The summed E-state index contributed by atoms with van der Waals surface area (Å²) in [6, 6.07) is -0.864. The molecule has 1 aliphatic rings. The van der Waals surface area contributed by atoms with Crippen LogP contribution in [0.5, 0.6) is 0 Å². The van der Waals surface area contributed by atoms with Crippen LogP contribution >= 0.6 is 0 Å². The summed E-state index contributed by atoms with van der Waals surface area (Å²) in [5.41, 5.74) is 0. The molecule has 0 aromatic carbocycles. The highest BCUT2D eigenvalue weighted by Crippen LogP contribution is 2.26. The van der Waals surface area contributed by atoms with Crippen molar-refractivity contribution in [3.05, 3.63) is 12.2 Å². The van der Waals surface area contributed by atoms with E-state index in [9.17, 15) is 33.6 Å². The molecule has 266 valence electrons. The number of carbonyl (C=O) groups is 1. The fraction of sp³-hybridized carbons (Fsp3) is 0.906. The Morgan fingerprint density at radius 3 is 2.00 bits per heavy atom. The Hall–Kier alpha value is -1.16. The molecule has 0 saturated carbocycles. The zero-order valence-electron chi connectivity index (χ0n) is 27.4. The van der Waals surface area contributed by atoms with Crippen LogP contribution in [-0.4, -0.2) is 95.4 Å². The van der Waals surface area contributed by atoms with Crippen molar-refractivity contribution in [2.24, 2.45) is 0 Å². The van der Waals surface area contributed by atoms with Gasteiger partial charge in [0.25, 0.3) is 0 Å². The van der Waals surface area contributed by atoms with E-state index in [1.54, 1.807) is 0 Å². The second-order valence-corrected chi connectivity index (χ2v) is 13.1. The highest BCUT2D eigenvalue weighted by Gasteiger charge is 2.48. The molecule has 12 nitrogen and oxygen atoms in total. The minimum Gasteiger partial charge on any atom is -0.394 e. The van der Waals surface area contributed by atoms with E-state index in [4.69, 9.17) is 14.0 Å². The summed E-state index contributed by atoms with van der Waals surface area (Å²) in [5.74, 6) is -0.271. The largest absolute Gasteiger partial charge is 0.397 e. The lowest BCUT2D eigenvalue weighted by atomic mass is 9.99. The van der Waals surface area contributed by atoms with Crippen molar-refractivity contribution >= 4 is 16.3 Å². The van der Waals surface area contributed by atoms with Crippen molar-refractivity contribution in [1.82, 2.24) is 5.32 Å². The molecule has 0 aromatic rings. The first-order valence-electron chi connectivity index (χ1n) is 17.1. The summed E-state index contributed by atoms with van der Waals surface area (Å²) in [6.07, 6.45) is 12.6. The van der Waals surface area contributed by atoms with Gasteiger partial charge in [0.2, 0.25) is 5.91 Å². The Kier molecular flexibility index (Phi) is 23.2. The third-order valence-corrected chi connectivity index (χ3v) is 8.54. The molecule has 0 spiro atoms. The monoisotopic (exact) mass is 667 g/mol. The van der Waals surface area contributed by atoms with Gasteiger partial charge in [-0.2, -0.15) is 8.42 Å². The zero-order valence-corrected chi connectivity index (χ0v) is 28.2. The first kappa shape index (κ1) is 41.9. The third kappa shape index (κ3) is 19.3. The van der Waals surface area contributed by atoms with Crippen molar-refractivity contribution in [2.75, 3.05) is 13.2 Å². The van der Waals surface area contributed by atoms with Gasteiger partial charge in [0, 0.05) is 6.42 Å². The van der Waals surface area contributed by atoms with E-state index in [1.807, 2.05) is 0 Å². The van der Waals surface area contributed by atoms with E-state index in [0.29, 0.717) is 12.8 Å². The predicted molar refractivity (Wildman–Crippen MR) is 172 cm³/mol. The van der Waals surface area contributed by atoms with E-state index >= 15 is 0 Å². The summed E-state index contributed by atoms with van der Waals surface area (Å²) < 4.78 is 47.1. The zero-order chi connectivity index (χ0) is 33.5. The van der Waals surface area contributed by atoms with Gasteiger partial charge in [-0.1, -0.05) is 103 Å². The number of unbranched alkanes of at least 4 members (excludes halogenated alkanes) is 13. The van der Waals surface area contributed by atoms with Gasteiger partial charge in [-0.05, 0) is 32.1 Å². The van der Waals surface area contributed by atoms with Crippen LogP contribution in [0, 0.1) is 0 Å². The minimum absolute atomic E-state index is 0.243. The van der Waals surface area contributed by atoms with Crippen LogP contribution in [0.4, 0.5) is 0 Å². The van der Waals surface area contributed by atoms with Gasteiger partial charge in [0.05, 0.1) is 25.4 Å². The second-order valence-electron chi connectivity index (χ2n) is 12.1. The number of amides is 1. The summed E-state index contributed by atoms with van der Waals surface area (Å²) in [4.78, 5) is 12.8. The summed E-state index contributed by atoms with van der Waals surface area (Å²) in [7, 11) is -5.06. The molecule has 1 fully saturated rings. The molecule has 0 aliphatic carbocycles. The molecule has 1 rings (SSSR count). The molecule has 1 heterocycles. The highest BCUT2D eigenvalue weighted by molar-refractivity contribution is 7.80. The Morgan fingerprint density at radius 2 is 1.42 bits per heavy atom. The van der Waals surface area contributed by atoms with Crippen molar-refractivity contribution in [3.63, 3.8) is 0 Å². The molecular formula is C32H61NO11S. The molecule has 1 aliphatic heterocycles. The van der Waals surface area contributed by atoms with Crippen LogP contribution in [0.15, 0.2) is 12.2 Å². The van der Waals surface area contributed by atoms with Crippen LogP contribution in [0.2, 0.25) is 0 Å². The molecule has 0 bridgehead atoms. The maximum Gasteiger partial charge on any atom is 0.397 e. The number of nitrogens with one attached hydrogen (secondary N) is 1. The van der Waals surface area contributed by atoms with Crippen LogP contribution < -0.4 is 5.32 Å². The van der Waals surface area contributed by atoms with Crippen LogP contribution in [0.3, 0.4) is 0 Å². The van der Waals surface area contributed by atoms with Crippen molar-refractivity contribution in [2.45, 2.75) is 172 Å². The third-order valence-electron chi connectivity index (χ3n) is 8.07. The predicted octanol–water partition coefficient (Wildman–Crippen LogP) is 4.09. The highest BCUT2D eigenvalue weighted by atomic mass is 32.3. The van der Waals surface area contributed by atoms with Gasteiger partial charge in [-0.3, -0.25) is 9.35 Å². The molecule has 1 saturated heterocycles. The standard InChI is InChI=1S/C32H61NO11S/c1-3-5-7-9-11-13-15-17-19-21-26(35)25(33-28(36)22-20-18-16-14-12-10-8-6-4-2)24-42-32-30(38)31(44-45(39,40)41)29(37)27(23-34)43-32/h14,16,25-27,29-32,34-35,37-38H,3-13,15,17-24H2,1-2H3,(H,33,36)(H,39,40,41)/b16-14-. The smallest absolute Gasteiger partial charge is 0.394 e. The Morgan fingerprint density at radius 1 is 0.867 bits per heavy atom. The number of allylic oxidation sites excluding steroid dienone is 2. The first-order chi connectivity index (χ1) is 21.5. The number of hydrogen-bond donors (Lipinski definition) is 6. The molecule has 0 aromatic heterocycles. The van der Waals surface area contributed by atoms with E-state index < -0.39 is 59.9 Å². The number of aliphatic hydroxyl groups excluding tert-OH is 4.